The SMILES string of the molecule is CCC1(CC)Cc2c(cc(C(C)C)c(OC(C)=O)c2C(C)C)O1. The largest absolute Gasteiger partial charge is 0.487 e. The molecule has 1 aromatic rings. The zero-order chi connectivity index (χ0) is 17.4. The first-order valence-corrected chi connectivity index (χ1v) is 8.81. The molecule has 0 aromatic heterocycles. The number of ether oxygens (including phenoxy) is 2. The first-order chi connectivity index (χ1) is 10.7. The molecule has 2 rings (SSSR count). The summed E-state index contributed by atoms with van der Waals surface area (Å²) in [6.45, 7) is 14.4. The van der Waals surface area contributed by atoms with Crippen LogP contribution in [0.15, 0.2) is 6.07 Å². The van der Waals surface area contributed by atoms with E-state index in [2.05, 4.69) is 47.6 Å². The molecule has 0 unspecified atom stereocenters. The summed E-state index contributed by atoms with van der Waals surface area (Å²) in [7, 11) is 0. The Kier molecular flexibility index (Phi) is 5.07. The van der Waals surface area contributed by atoms with Gasteiger partial charge < -0.3 is 9.47 Å². The summed E-state index contributed by atoms with van der Waals surface area (Å²) in [5.41, 5.74) is 3.31. The van der Waals surface area contributed by atoms with Crippen molar-refractivity contribution in [3.63, 3.8) is 0 Å². The van der Waals surface area contributed by atoms with Crippen molar-refractivity contribution in [2.45, 2.75) is 85.2 Å². The van der Waals surface area contributed by atoms with Gasteiger partial charge in [0.2, 0.25) is 0 Å². The lowest BCUT2D eigenvalue weighted by atomic mass is 9.84. The maximum Gasteiger partial charge on any atom is 0.308 e. The number of rotatable bonds is 5. The van der Waals surface area contributed by atoms with Gasteiger partial charge in [-0.3, -0.25) is 4.79 Å². The van der Waals surface area contributed by atoms with Gasteiger partial charge in [-0.2, -0.15) is 0 Å². The third-order valence-corrected chi connectivity index (χ3v) is 4.98. The van der Waals surface area contributed by atoms with E-state index in [9.17, 15) is 4.79 Å². The lowest BCUT2D eigenvalue weighted by molar-refractivity contribution is -0.132. The lowest BCUT2D eigenvalue weighted by Gasteiger charge is -2.25. The van der Waals surface area contributed by atoms with Gasteiger partial charge in [0.15, 0.2) is 0 Å². The molecule has 1 aliphatic heterocycles. The summed E-state index contributed by atoms with van der Waals surface area (Å²) in [6, 6.07) is 2.09. The molecular weight excluding hydrogens is 288 g/mol. The molecule has 1 aromatic carbocycles. The van der Waals surface area contributed by atoms with Crippen LogP contribution in [0, 0.1) is 0 Å². The van der Waals surface area contributed by atoms with Crippen LogP contribution in [-0.2, 0) is 11.2 Å². The molecule has 0 saturated heterocycles. The van der Waals surface area contributed by atoms with E-state index < -0.39 is 0 Å². The van der Waals surface area contributed by atoms with Crippen LogP contribution in [0.1, 0.15) is 89.8 Å². The molecule has 0 N–H and O–H groups in total. The van der Waals surface area contributed by atoms with Crippen LogP contribution in [0.2, 0.25) is 0 Å². The second-order valence-electron chi connectivity index (χ2n) is 7.26. The second kappa shape index (κ2) is 6.54. The minimum Gasteiger partial charge on any atom is -0.487 e. The minimum absolute atomic E-state index is 0.116. The maximum atomic E-state index is 11.6. The van der Waals surface area contributed by atoms with Crippen molar-refractivity contribution in [2.75, 3.05) is 0 Å². The lowest BCUT2D eigenvalue weighted by Crippen LogP contribution is -2.32. The van der Waals surface area contributed by atoms with E-state index in [-0.39, 0.29) is 23.4 Å². The van der Waals surface area contributed by atoms with E-state index in [1.807, 2.05) is 0 Å². The average Bonchev–Trinajstić information content (AvgIpc) is 2.84. The normalized spacial score (nSPS) is 15.7. The molecule has 0 bridgehead atoms. The highest BCUT2D eigenvalue weighted by Gasteiger charge is 2.39. The van der Waals surface area contributed by atoms with Gasteiger partial charge in [-0.05, 0) is 30.7 Å². The summed E-state index contributed by atoms with van der Waals surface area (Å²) < 4.78 is 12.1. The van der Waals surface area contributed by atoms with Gasteiger partial charge in [0, 0.05) is 30.0 Å². The standard InChI is InChI=1S/C20H30O3/c1-8-20(9-2)11-16-17(23-20)10-15(12(3)4)19(22-14(7)21)18(16)13(5)6/h10,12-13H,8-9,11H2,1-7H3. The Balaban J connectivity index is 2.68. The molecule has 0 fully saturated rings. The van der Waals surface area contributed by atoms with E-state index in [1.54, 1.807) is 0 Å². The molecule has 0 amide bonds. The van der Waals surface area contributed by atoms with Gasteiger partial charge in [0.25, 0.3) is 0 Å². The highest BCUT2D eigenvalue weighted by atomic mass is 16.5. The van der Waals surface area contributed by atoms with E-state index in [1.165, 1.54) is 12.5 Å². The molecule has 128 valence electrons. The number of benzene rings is 1. The molecule has 1 heterocycles. The summed E-state index contributed by atoms with van der Waals surface area (Å²) >= 11 is 0. The zero-order valence-corrected chi connectivity index (χ0v) is 15.6. The van der Waals surface area contributed by atoms with Crippen molar-refractivity contribution in [1.29, 1.82) is 0 Å². The minimum atomic E-state index is -0.259. The summed E-state index contributed by atoms with van der Waals surface area (Å²) in [5, 5.41) is 0. The number of hydrogen-bond donors (Lipinski definition) is 0. The molecule has 3 nitrogen and oxygen atoms in total. The van der Waals surface area contributed by atoms with Crippen LogP contribution in [0.4, 0.5) is 0 Å². The predicted molar refractivity (Wildman–Crippen MR) is 93.6 cm³/mol. The van der Waals surface area contributed by atoms with Crippen molar-refractivity contribution in [3.05, 3.63) is 22.8 Å². The maximum absolute atomic E-state index is 11.6. The number of carbonyl (C=O) groups excluding carboxylic acids is 1. The van der Waals surface area contributed by atoms with E-state index in [0.717, 1.165) is 41.9 Å². The van der Waals surface area contributed by atoms with Crippen LogP contribution in [0.25, 0.3) is 0 Å². The fourth-order valence-corrected chi connectivity index (χ4v) is 3.53. The van der Waals surface area contributed by atoms with Crippen LogP contribution in [0.3, 0.4) is 0 Å². The number of fused-ring (bicyclic) bond motifs is 1. The van der Waals surface area contributed by atoms with Gasteiger partial charge in [0.05, 0.1) is 0 Å². The summed E-state index contributed by atoms with van der Waals surface area (Å²) in [5.74, 6) is 2.04. The Morgan fingerprint density at radius 3 is 2.26 bits per heavy atom. The molecule has 1 aliphatic rings. The quantitative estimate of drug-likeness (QED) is 0.542. The smallest absolute Gasteiger partial charge is 0.308 e. The molecule has 0 radical (unpaired) electrons. The first-order valence-electron chi connectivity index (χ1n) is 8.81. The molecule has 23 heavy (non-hydrogen) atoms. The van der Waals surface area contributed by atoms with Gasteiger partial charge in [-0.1, -0.05) is 41.5 Å². The predicted octanol–water partition coefficient (Wildman–Crippen LogP) is 5.35. The molecule has 0 aliphatic carbocycles. The Morgan fingerprint density at radius 2 is 1.83 bits per heavy atom. The van der Waals surface area contributed by atoms with Gasteiger partial charge >= 0.3 is 5.97 Å². The van der Waals surface area contributed by atoms with Crippen LogP contribution in [-0.4, -0.2) is 11.6 Å². The summed E-state index contributed by atoms with van der Waals surface area (Å²) in [6.07, 6.45) is 2.86. The van der Waals surface area contributed by atoms with Crippen molar-refractivity contribution < 1.29 is 14.3 Å². The third kappa shape index (κ3) is 3.24. The highest BCUT2D eigenvalue weighted by molar-refractivity contribution is 5.72. The van der Waals surface area contributed by atoms with E-state index >= 15 is 0 Å². The zero-order valence-electron chi connectivity index (χ0n) is 15.6. The van der Waals surface area contributed by atoms with Crippen molar-refractivity contribution >= 4 is 5.97 Å². The topological polar surface area (TPSA) is 35.5 Å². The van der Waals surface area contributed by atoms with E-state index in [4.69, 9.17) is 9.47 Å². The van der Waals surface area contributed by atoms with Crippen LogP contribution in [0.5, 0.6) is 11.5 Å². The van der Waals surface area contributed by atoms with Gasteiger partial charge in [0.1, 0.15) is 17.1 Å². The molecule has 0 spiro atoms. The summed E-state index contributed by atoms with van der Waals surface area (Å²) in [4.78, 5) is 11.6. The number of carbonyl (C=O) groups is 1. The second-order valence-corrected chi connectivity index (χ2v) is 7.26. The number of esters is 1. The fourth-order valence-electron chi connectivity index (χ4n) is 3.53. The molecular formula is C20H30O3. The third-order valence-electron chi connectivity index (χ3n) is 4.98. The van der Waals surface area contributed by atoms with Crippen molar-refractivity contribution in [2.24, 2.45) is 0 Å². The first kappa shape index (κ1) is 17.8. The van der Waals surface area contributed by atoms with Crippen LogP contribution >= 0.6 is 0 Å². The number of hydrogen-bond acceptors (Lipinski definition) is 3. The molecule has 3 heteroatoms. The highest BCUT2D eigenvalue weighted by Crippen LogP contribution is 2.49. The van der Waals surface area contributed by atoms with Gasteiger partial charge in [-0.25, -0.2) is 0 Å². The van der Waals surface area contributed by atoms with Gasteiger partial charge in [-0.15, -0.1) is 0 Å². The fraction of sp³-hybridized carbons (Fsp3) is 0.650. The van der Waals surface area contributed by atoms with Crippen LogP contribution < -0.4 is 9.47 Å². The van der Waals surface area contributed by atoms with E-state index in [0.29, 0.717) is 0 Å². The average molecular weight is 318 g/mol. The Labute approximate surface area is 140 Å². The van der Waals surface area contributed by atoms with Crippen molar-refractivity contribution in [1.82, 2.24) is 0 Å². The Bertz CT molecular complexity index is 595. The molecule has 0 saturated carbocycles. The monoisotopic (exact) mass is 318 g/mol. The Hall–Kier alpha value is -1.51. The van der Waals surface area contributed by atoms with Crippen molar-refractivity contribution in [3.8, 4) is 11.5 Å². The molecule has 0 atom stereocenters. The Morgan fingerprint density at radius 1 is 1.22 bits per heavy atom.